The standard InChI is InChI=1S/C16H18ClN3O4/c1-10-8-15(19-24-10)18-16(22)6-7-20(11(2)21)12-4-5-14(23-3)13(17)9-12/h4-5,8-9H,6-7H2,1-3H3,(H,18,19,22). The Labute approximate surface area is 144 Å². The predicted octanol–water partition coefficient (Wildman–Crippen LogP) is 3.03. The van der Waals surface area contributed by atoms with Gasteiger partial charge in [-0.15, -0.1) is 0 Å². The smallest absolute Gasteiger partial charge is 0.227 e. The largest absolute Gasteiger partial charge is 0.495 e. The summed E-state index contributed by atoms with van der Waals surface area (Å²) in [4.78, 5) is 25.3. The van der Waals surface area contributed by atoms with Crippen LogP contribution in [0.15, 0.2) is 28.8 Å². The normalized spacial score (nSPS) is 10.3. The van der Waals surface area contributed by atoms with Crippen LogP contribution in [0.25, 0.3) is 0 Å². The van der Waals surface area contributed by atoms with Crippen molar-refractivity contribution in [2.24, 2.45) is 0 Å². The molecule has 0 saturated heterocycles. The number of hydrogen-bond donors (Lipinski definition) is 1. The van der Waals surface area contributed by atoms with Gasteiger partial charge in [0.1, 0.15) is 11.5 Å². The number of anilines is 2. The highest BCUT2D eigenvalue weighted by atomic mass is 35.5. The average Bonchev–Trinajstić information content (AvgIpc) is 2.92. The molecule has 0 aliphatic carbocycles. The van der Waals surface area contributed by atoms with E-state index in [1.165, 1.54) is 18.9 Å². The van der Waals surface area contributed by atoms with Crippen LogP contribution in [-0.4, -0.2) is 30.6 Å². The topological polar surface area (TPSA) is 84.7 Å². The van der Waals surface area contributed by atoms with Gasteiger partial charge in [0, 0.05) is 31.6 Å². The second-order valence-electron chi connectivity index (χ2n) is 5.11. The molecular formula is C16H18ClN3O4. The molecule has 2 aromatic rings. The molecule has 1 aromatic heterocycles. The number of ether oxygens (including phenoxy) is 1. The summed E-state index contributed by atoms with van der Waals surface area (Å²) in [5, 5.41) is 6.69. The van der Waals surface area contributed by atoms with Crippen molar-refractivity contribution < 1.29 is 18.8 Å². The number of benzene rings is 1. The van der Waals surface area contributed by atoms with E-state index >= 15 is 0 Å². The molecular weight excluding hydrogens is 334 g/mol. The van der Waals surface area contributed by atoms with E-state index < -0.39 is 0 Å². The zero-order chi connectivity index (χ0) is 17.7. The number of carbonyl (C=O) groups is 2. The van der Waals surface area contributed by atoms with Crippen LogP contribution in [0.5, 0.6) is 5.75 Å². The highest BCUT2D eigenvalue weighted by Crippen LogP contribution is 2.29. The van der Waals surface area contributed by atoms with E-state index in [4.69, 9.17) is 20.9 Å². The zero-order valence-electron chi connectivity index (χ0n) is 13.6. The van der Waals surface area contributed by atoms with Gasteiger partial charge in [0.25, 0.3) is 0 Å². The number of aromatic nitrogens is 1. The van der Waals surface area contributed by atoms with Crippen LogP contribution < -0.4 is 15.0 Å². The average molecular weight is 352 g/mol. The lowest BCUT2D eigenvalue weighted by Gasteiger charge is -2.21. The molecule has 1 aromatic carbocycles. The summed E-state index contributed by atoms with van der Waals surface area (Å²) < 4.78 is 9.97. The van der Waals surface area contributed by atoms with Crippen molar-refractivity contribution in [2.75, 3.05) is 23.9 Å². The van der Waals surface area contributed by atoms with Crippen molar-refractivity contribution in [2.45, 2.75) is 20.3 Å². The van der Waals surface area contributed by atoms with Crippen molar-refractivity contribution in [1.29, 1.82) is 0 Å². The summed E-state index contributed by atoms with van der Waals surface area (Å²) in [5.74, 6) is 1.00. The number of halogens is 1. The molecule has 7 nitrogen and oxygen atoms in total. The van der Waals surface area contributed by atoms with E-state index in [1.54, 1.807) is 31.2 Å². The molecule has 1 heterocycles. The Morgan fingerprint density at radius 1 is 1.38 bits per heavy atom. The highest BCUT2D eigenvalue weighted by molar-refractivity contribution is 6.32. The predicted molar refractivity (Wildman–Crippen MR) is 90.5 cm³/mol. The van der Waals surface area contributed by atoms with Crippen LogP contribution in [0.1, 0.15) is 19.1 Å². The number of methoxy groups -OCH3 is 1. The third kappa shape index (κ3) is 4.48. The summed E-state index contributed by atoms with van der Waals surface area (Å²) in [6.07, 6.45) is 0.106. The van der Waals surface area contributed by atoms with E-state index in [2.05, 4.69) is 10.5 Å². The molecule has 128 valence electrons. The Morgan fingerprint density at radius 2 is 2.12 bits per heavy atom. The molecule has 1 N–H and O–H groups in total. The molecule has 0 bridgehead atoms. The summed E-state index contributed by atoms with van der Waals surface area (Å²) in [6, 6.07) is 6.63. The number of nitrogens with zero attached hydrogens (tertiary/aromatic N) is 2. The van der Waals surface area contributed by atoms with Gasteiger partial charge < -0.3 is 19.5 Å². The molecule has 0 fully saturated rings. The Kier molecular flexibility index (Phi) is 5.81. The molecule has 8 heteroatoms. The van der Waals surface area contributed by atoms with Crippen LogP contribution in [0.3, 0.4) is 0 Å². The third-order valence-corrected chi connectivity index (χ3v) is 3.58. The number of rotatable bonds is 6. The molecule has 0 saturated carbocycles. The molecule has 0 atom stereocenters. The van der Waals surface area contributed by atoms with Gasteiger partial charge in [0.15, 0.2) is 5.82 Å². The van der Waals surface area contributed by atoms with Gasteiger partial charge in [0.05, 0.1) is 12.1 Å². The van der Waals surface area contributed by atoms with Gasteiger partial charge in [-0.1, -0.05) is 16.8 Å². The van der Waals surface area contributed by atoms with Crippen molar-refractivity contribution in [1.82, 2.24) is 5.16 Å². The van der Waals surface area contributed by atoms with Gasteiger partial charge in [-0.3, -0.25) is 9.59 Å². The second kappa shape index (κ2) is 7.83. The van der Waals surface area contributed by atoms with Gasteiger partial charge in [0.2, 0.25) is 11.8 Å². The van der Waals surface area contributed by atoms with E-state index in [0.717, 1.165) is 0 Å². The summed E-state index contributed by atoms with van der Waals surface area (Å²) in [6.45, 7) is 3.37. The summed E-state index contributed by atoms with van der Waals surface area (Å²) >= 11 is 6.09. The van der Waals surface area contributed by atoms with Crippen LogP contribution in [0.4, 0.5) is 11.5 Å². The SMILES string of the molecule is COc1ccc(N(CCC(=O)Nc2cc(C)on2)C(C)=O)cc1Cl. The maximum Gasteiger partial charge on any atom is 0.227 e. The molecule has 2 rings (SSSR count). The number of aryl methyl sites for hydroxylation is 1. The van der Waals surface area contributed by atoms with Crippen LogP contribution in [0.2, 0.25) is 5.02 Å². The first-order chi connectivity index (χ1) is 11.4. The van der Waals surface area contributed by atoms with E-state index in [0.29, 0.717) is 28.0 Å². The fourth-order valence-electron chi connectivity index (χ4n) is 2.14. The lowest BCUT2D eigenvalue weighted by Crippen LogP contribution is -2.32. The highest BCUT2D eigenvalue weighted by Gasteiger charge is 2.15. The van der Waals surface area contributed by atoms with Gasteiger partial charge >= 0.3 is 0 Å². The minimum Gasteiger partial charge on any atom is -0.495 e. The molecule has 0 aliphatic rings. The lowest BCUT2D eigenvalue weighted by atomic mass is 10.2. The van der Waals surface area contributed by atoms with Crippen LogP contribution in [-0.2, 0) is 9.59 Å². The van der Waals surface area contributed by atoms with Crippen molar-refractivity contribution in [3.63, 3.8) is 0 Å². The Balaban J connectivity index is 2.02. The molecule has 0 aliphatic heterocycles. The Morgan fingerprint density at radius 3 is 2.67 bits per heavy atom. The first-order valence-electron chi connectivity index (χ1n) is 7.25. The van der Waals surface area contributed by atoms with Crippen LogP contribution >= 0.6 is 11.6 Å². The van der Waals surface area contributed by atoms with E-state index in [-0.39, 0.29) is 24.8 Å². The minimum atomic E-state index is -0.269. The lowest BCUT2D eigenvalue weighted by molar-refractivity contribution is -0.117. The first kappa shape index (κ1) is 17.8. The quantitative estimate of drug-likeness (QED) is 0.864. The van der Waals surface area contributed by atoms with Crippen molar-refractivity contribution in [3.8, 4) is 5.75 Å². The minimum absolute atomic E-state index is 0.106. The Hall–Kier alpha value is -2.54. The molecule has 0 unspecified atom stereocenters. The zero-order valence-corrected chi connectivity index (χ0v) is 14.4. The summed E-state index contributed by atoms with van der Waals surface area (Å²) in [7, 11) is 1.51. The maximum absolute atomic E-state index is 12.0. The summed E-state index contributed by atoms with van der Waals surface area (Å²) in [5.41, 5.74) is 0.596. The van der Waals surface area contributed by atoms with Crippen molar-refractivity contribution in [3.05, 3.63) is 35.0 Å². The number of hydrogen-bond acceptors (Lipinski definition) is 5. The molecule has 0 radical (unpaired) electrons. The van der Waals surface area contributed by atoms with Crippen molar-refractivity contribution >= 4 is 34.9 Å². The van der Waals surface area contributed by atoms with E-state index in [1.807, 2.05) is 0 Å². The van der Waals surface area contributed by atoms with Gasteiger partial charge in [-0.05, 0) is 25.1 Å². The number of nitrogens with one attached hydrogen (secondary N) is 1. The Bertz CT molecular complexity index is 745. The third-order valence-electron chi connectivity index (χ3n) is 3.29. The number of amides is 2. The maximum atomic E-state index is 12.0. The first-order valence-corrected chi connectivity index (χ1v) is 7.63. The van der Waals surface area contributed by atoms with Crippen LogP contribution in [0, 0.1) is 6.92 Å². The monoisotopic (exact) mass is 351 g/mol. The fraction of sp³-hybridized carbons (Fsp3) is 0.312. The van der Waals surface area contributed by atoms with Gasteiger partial charge in [-0.25, -0.2) is 0 Å². The molecule has 2 amide bonds. The van der Waals surface area contributed by atoms with Gasteiger partial charge in [-0.2, -0.15) is 0 Å². The molecule has 24 heavy (non-hydrogen) atoms. The molecule has 0 spiro atoms. The fourth-order valence-corrected chi connectivity index (χ4v) is 2.39. The number of carbonyl (C=O) groups excluding carboxylic acids is 2. The second-order valence-corrected chi connectivity index (χ2v) is 5.52. The van der Waals surface area contributed by atoms with E-state index in [9.17, 15) is 9.59 Å².